The van der Waals surface area contributed by atoms with Crippen molar-refractivity contribution in [2.75, 3.05) is 10.6 Å². The number of nitrogens with one attached hydrogen (secondary N) is 4. The second-order valence-corrected chi connectivity index (χ2v) is 12.3. The third kappa shape index (κ3) is 7.48. The molecule has 1 atom stereocenters. The van der Waals surface area contributed by atoms with E-state index in [1.54, 1.807) is 61.1 Å². The SMILES string of the molecule is CC(Oc1cc(CC(C)(C)c2nc(C(=O)Nc3nnc(-c4ccccn4)[nH]3)cs2)ccc1Cl)C(=O)Nc1nnc(-c2ccccn2)[nH]1. The number of benzene rings is 1. The van der Waals surface area contributed by atoms with E-state index in [1.807, 2.05) is 32.0 Å². The van der Waals surface area contributed by atoms with Crippen molar-refractivity contribution >= 4 is 46.6 Å². The predicted octanol–water partition coefficient (Wildman–Crippen LogP) is 5.34. The molecule has 47 heavy (non-hydrogen) atoms. The molecule has 16 heteroatoms. The van der Waals surface area contributed by atoms with Crippen LogP contribution >= 0.6 is 22.9 Å². The highest BCUT2D eigenvalue weighted by atomic mass is 35.5. The molecule has 0 aliphatic heterocycles. The lowest BCUT2D eigenvalue weighted by Gasteiger charge is -2.23. The van der Waals surface area contributed by atoms with E-state index in [0.29, 0.717) is 40.2 Å². The third-order valence-corrected chi connectivity index (χ3v) is 8.41. The van der Waals surface area contributed by atoms with E-state index < -0.39 is 23.3 Å². The fourth-order valence-electron chi connectivity index (χ4n) is 4.53. The summed E-state index contributed by atoms with van der Waals surface area (Å²) in [6, 6.07) is 16.2. The summed E-state index contributed by atoms with van der Waals surface area (Å²) in [6.07, 6.45) is 2.94. The molecule has 0 bridgehead atoms. The van der Waals surface area contributed by atoms with Gasteiger partial charge in [0.15, 0.2) is 17.8 Å². The minimum absolute atomic E-state index is 0.166. The number of halogens is 1. The Bertz CT molecular complexity index is 2010. The number of ether oxygens (including phenoxy) is 1. The summed E-state index contributed by atoms with van der Waals surface area (Å²) in [5.74, 6) is 0.710. The number of amides is 2. The van der Waals surface area contributed by atoms with Gasteiger partial charge >= 0.3 is 0 Å². The van der Waals surface area contributed by atoms with Crippen LogP contribution in [-0.4, -0.2) is 63.2 Å². The van der Waals surface area contributed by atoms with Crippen LogP contribution in [0.15, 0.2) is 72.4 Å². The number of rotatable bonds is 11. The Morgan fingerprint density at radius 3 is 2.17 bits per heavy atom. The summed E-state index contributed by atoms with van der Waals surface area (Å²) in [5, 5.41) is 24.2. The molecule has 238 valence electrons. The normalized spacial score (nSPS) is 12.0. The highest BCUT2D eigenvalue weighted by molar-refractivity contribution is 7.10. The van der Waals surface area contributed by atoms with Crippen molar-refractivity contribution in [3.8, 4) is 28.8 Å². The van der Waals surface area contributed by atoms with Gasteiger partial charge in [0.2, 0.25) is 11.9 Å². The molecular weight excluding hydrogens is 642 g/mol. The highest BCUT2D eigenvalue weighted by Gasteiger charge is 2.27. The average molecular weight is 670 g/mol. The molecule has 2 amide bonds. The summed E-state index contributed by atoms with van der Waals surface area (Å²) in [5.41, 5.74) is 1.91. The minimum atomic E-state index is -0.899. The first kappa shape index (κ1) is 31.4. The molecule has 4 N–H and O–H groups in total. The number of H-pyrrole nitrogens is 2. The summed E-state index contributed by atoms with van der Waals surface area (Å²) >= 11 is 7.83. The van der Waals surface area contributed by atoms with Gasteiger partial charge in [-0.25, -0.2) is 4.98 Å². The smallest absolute Gasteiger partial charge is 0.277 e. The van der Waals surface area contributed by atoms with Crippen molar-refractivity contribution in [2.45, 2.75) is 38.7 Å². The quantitative estimate of drug-likeness (QED) is 0.140. The number of anilines is 2. The first-order valence-electron chi connectivity index (χ1n) is 14.4. The summed E-state index contributed by atoms with van der Waals surface area (Å²) in [7, 11) is 0. The Kier molecular flexibility index (Phi) is 8.99. The van der Waals surface area contributed by atoms with Gasteiger partial charge in [-0.05, 0) is 55.3 Å². The number of pyridine rings is 2. The van der Waals surface area contributed by atoms with Gasteiger partial charge in [-0.15, -0.1) is 31.7 Å². The second-order valence-electron chi connectivity index (χ2n) is 11.0. The van der Waals surface area contributed by atoms with E-state index in [0.717, 1.165) is 10.6 Å². The van der Waals surface area contributed by atoms with Crippen LogP contribution in [0.4, 0.5) is 11.9 Å². The topological polar surface area (TPSA) is 189 Å². The van der Waals surface area contributed by atoms with E-state index in [4.69, 9.17) is 16.3 Å². The molecule has 0 aliphatic rings. The largest absolute Gasteiger partial charge is 0.479 e. The molecule has 0 saturated heterocycles. The van der Waals surface area contributed by atoms with Crippen molar-refractivity contribution in [3.05, 3.63) is 93.7 Å². The lowest BCUT2D eigenvalue weighted by atomic mass is 9.86. The van der Waals surface area contributed by atoms with Gasteiger partial charge in [-0.2, -0.15) is 0 Å². The molecule has 5 aromatic heterocycles. The van der Waals surface area contributed by atoms with Crippen LogP contribution in [0.3, 0.4) is 0 Å². The standard InChI is InChI=1S/C31H28ClN11O3S/c1-17(26(44)38-29-36-24(40-42-29)20-8-4-6-12-33-20)46-23-14-18(10-11-19(23)32)15-31(2,3)28-35-22(16-47-28)27(45)39-30-37-25(41-43-30)21-9-5-7-13-34-21/h4-14,16-17H,15H2,1-3H3,(H2,36,38,40,42,44)(H2,37,39,41,43,45). The highest BCUT2D eigenvalue weighted by Crippen LogP contribution is 2.34. The monoisotopic (exact) mass is 669 g/mol. The molecule has 1 unspecified atom stereocenters. The number of carbonyl (C=O) groups is 2. The maximum absolute atomic E-state index is 12.9. The average Bonchev–Trinajstić information content (AvgIpc) is 3.85. The fraction of sp³-hybridized carbons (Fsp3) is 0.194. The van der Waals surface area contributed by atoms with Crippen LogP contribution in [0, 0.1) is 0 Å². The lowest BCUT2D eigenvalue weighted by molar-refractivity contribution is -0.122. The molecule has 0 fully saturated rings. The van der Waals surface area contributed by atoms with Crippen LogP contribution in [0.1, 0.15) is 41.8 Å². The number of thiazole rings is 1. The fourth-order valence-corrected chi connectivity index (χ4v) is 5.62. The van der Waals surface area contributed by atoms with Crippen LogP contribution in [0.2, 0.25) is 5.02 Å². The van der Waals surface area contributed by atoms with E-state index in [9.17, 15) is 9.59 Å². The van der Waals surface area contributed by atoms with Crippen molar-refractivity contribution in [3.63, 3.8) is 0 Å². The molecule has 0 radical (unpaired) electrons. The van der Waals surface area contributed by atoms with Gasteiger partial charge in [0.1, 0.15) is 22.8 Å². The molecule has 1 aromatic carbocycles. The van der Waals surface area contributed by atoms with Gasteiger partial charge in [0, 0.05) is 23.2 Å². The third-order valence-electron chi connectivity index (χ3n) is 6.89. The predicted molar refractivity (Wildman–Crippen MR) is 176 cm³/mol. The maximum Gasteiger partial charge on any atom is 0.277 e. The zero-order valence-electron chi connectivity index (χ0n) is 25.4. The van der Waals surface area contributed by atoms with E-state index in [-0.39, 0.29) is 17.6 Å². The Labute approximate surface area is 277 Å². The Hall–Kier alpha value is -5.54. The summed E-state index contributed by atoms with van der Waals surface area (Å²) in [4.78, 5) is 44.7. The molecular formula is C31H28ClN11O3S. The van der Waals surface area contributed by atoms with Crippen LogP contribution in [0.25, 0.3) is 23.0 Å². The van der Waals surface area contributed by atoms with Crippen molar-refractivity contribution in [2.24, 2.45) is 0 Å². The number of hydrogen-bond acceptors (Lipinski definition) is 11. The first-order chi connectivity index (χ1) is 22.6. The molecule has 0 spiro atoms. The van der Waals surface area contributed by atoms with E-state index in [2.05, 4.69) is 55.9 Å². The molecule has 0 aliphatic carbocycles. The maximum atomic E-state index is 12.9. The molecule has 6 aromatic rings. The number of aromatic nitrogens is 9. The van der Waals surface area contributed by atoms with Gasteiger partial charge < -0.3 is 14.7 Å². The Morgan fingerprint density at radius 1 is 0.915 bits per heavy atom. The van der Waals surface area contributed by atoms with Crippen molar-refractivity contribution in [1.82, 2.24) is 45.3 Å². The summed E-state index contributed by atoms with van der Waals surface area (Å²) in [6.45, 7) is 5.68. The van der Waals surface area contributed by atoms with Crippen LogP contribution in [-0.2, 0) is 16.6 Å². The van der Waals surface area contributed by atoms with E-state index >= 15 is 0 Å². The molecule has 6 rings (SSSR count). The van der Waals surface area contributed by atoms with Gasteiger partial charge in [0.05, 0.1) is 10.0 Å². The number of hydrogen-bond donors (Lipinski definition) is 4. The van der Waals surface area contributed by atoms with Crippen molar-refractivity contribution in [1.29, 1.82) is 0 Å². The zero-order valence-corrected chi connectivity index (χ0v) is 26.9. The van der Waals surface area contributed by atoms with Gasteiger partial charge in [-0.3, -0.25) is 30.2 Å². The molecule has 0 saturated carbocycles. The number of aromatic amines is 2. The van der Waals surface area contributed by atoms with Crippen LogP contribution in [0.5, 0.6) is 5.75 Å². The van der Waals surface area contributed by atoms with Crippen molar-refractivity contribution < 1.29 is 14.3 Å². The zero-order chi connectivity index (χ0) is 33.0. The first-order valence-corrected chi connectivity index (χ1v) is 15.6. The second kappa shape index (κ2) is 13.4. The lowest BCUT2D eigenvalue weighted by Crippen LogP contribution is -2.30. The molecule has 14 nitrogen and oxygen atoms in total. The number of carbonyl (C=O) groups excluding carboxylic acids is 2. The Morgan fingerprint density at radius 2 is 1.55 bits per heavy atom. The van der Waals surface area contributed by atoms with E-state index in [1.165, 1.54) is 11.3 Å². The van der Waals surface area contributed by atoms with Gasteiger partial charge in [-0.1, -0.05) is 43.6 Å². The minimum Gasteiger partial charge on any atom is -0.479 e. The molecule has 5 heterocycles. The Balaban J connectivity index is 1.07. The summed E-state index contributed by atoms with van der Waals surface area (Å²) < 4.78 is 5.95. The van der Waals surface area contributed by atoms with Gasteiger partial charge in [0.25, 0.3) is 11.8 Å². The number of nitrogens with zero attached hydrogens (tertiary/aromatic N) is 7. The van der Waals surface area contributed by atoms with Crippen LogP contribution < -0.4 is 15.4 Å².